The Morgan fingerprint density at radius 3 is 2.06 bits per heavy atom. The standard InChI is InChI=1S/C26H17N3O3/c30-23-18-9-5-4-8-17(18)22-20(23)19(21-24(27-22)28-26(32)29-25(21)31)16-12-10-15(11-13-16)14-6-2-1-3-7-14/h1-13,19H,(H3,27,28,29,31,32)/t19-/m1/s1. The lowest BCUT2D eigenvalue weighted by Gasteiger charge is -2.27. The molecule has 1 aromatic heterocycles. The van der Waals surface area contributed by atoms with Crippen molar-refractivity contribution in [3.05, 3.63) is 128 Å². The minimum Gasteiger partial charge on any atom is -0.340 e. The van der Waals surface area contributed by atoms with E-state index in [4.69, 9.17) is 0 Å². The van der Waals surface area contributed by atoms with E-state index in [2.05, 4.69) is 15.3 Å². The van der Waals surface area contributed by atoms with Crippen LogP contribution in [0.4, 0.5) is 5.82 Å². The largest absolute Gasteiger partial charge is 0.340 e. The van der Waals surface area contributed by atoms with Gasteiger partial charge >= 0.3 is 5.69 Å². The zero-order valence-corrected chi connectivity index (χ0v) is 16.8. The van der Waals surface area contributed by atoms with Crippen LogP contribution in [0.3, 0.4) is 0 Å². The molecule has 0 saturated heterocycles. The third-order valence-electron chi connectivity index (χ3n) is 6.11. The van der Waals surface area contributed by atoms with Crippen molar-refractivity contribution in [1.29, 1.82) is 0 Å². The number of H-pyrrole nitrogens is 2. The normalized spacial score (nSPS) is 16.2. The van der Waals surface area contributed by atoms with Crippen LogP contribution in [0.2, 0.25) is 0 Å². The van der Waals surface area contributed by atoms with Crippen LogP contribution in [-0.2, 0) is 0 Å². The Hall–Kier alpha value is -4.45. The van der Waals surface area contributed by atoms with E-state index in [-0.39, 0.29) is 5.78 Å². The topological polar surface area (TPSA) is 94.8 Å². The van der Waals surface area contributed by atoms with Crippen LogP contribution >= 0.6 is 0 Å². The minimum atomic E-state index is -0.605. The first-order chi connectivity index (χ1) is 15.6. The minimum absolute atomic E-state index is 0.114. The number of anilines is 1. The van der Waals surface area contributed by atoms with Gasteiger partial charge in [-0.25, -0.2) is 4.79 Å². The lowest BCUT2D eigenvalue weighted by Crippen LogP contribution is -2.33. The van der Waals surface area contributed by atoms with Crippen LogP contribution in [0.1, 0.15) is 33.0 Å². The summed E-state index contributed by atoms with van der Waals surface area (Å²) in [5, 5.41) is 3.15. The Morgan fingerprint density at radius 1 is 0.656 bits per heavy atom. The Balaban J connectivity index is 1.56. The molecule has 0 spiro atoms. The van der Waals surface area contributed by atoms with E-state index < -0.39 is 17.2 Å². The smallest absolute Gasteiger partial charge is 0.327 e. The number of benzene rings is 3. The number of ketones is 1. The molecule has 0 amide bonds. The van der Waals surface area contributed by atoms with Gasteiger partial charge in [0.1, 0.15) is 5.82 Å². The molecule has 3 N–H and O–H groups in total. The van der Waals surface area contributed by atoms with Gasteiger partial charge in [0, 0.05) is 22.6 Å². The van der Waals surface area contributed by atoms with Crippen molar-refractivity contribution in [3.63, 3.8) is 0 Å². The predicted molar refractivity (Wildman–Crippen MR) is 123 cm³/mol. The monoisotopic (exact) mass is 419 g/mol. The first-order valence-corrected chi connectivity index (χ1v) is 10.3. The lowest BCUT2D eigenvalue weighted by atomic mass is 9.81. The van der Waals surface area contributed by atoms with Crippen LogP contribution in [0.25, 0.3) is 16.8 Å². The Labute approximate surface area is 182 Å². The summed E-state index contributed by atoms with van der Waals surface area (Å²) in [6.45, 7) is 0. The van der Waals surface area contributed by atoms with Crippen molar-refractivity contribution in [2.75, 3.05) is 5.32 Å². The highest BCUT2D eigenvalue weighted by Gasteiger charge is 2.41. The number of hydrogen-bond acceptors (Lipinski definition) is 4. The summed E-state index contributed by atoms with van der Waals surface area (Å²) in [7, 11) is 0. The van der Waals surface area contributed by atoms with E-state index in [1.165, 1.54) is 0 Å². The van der Waals surface area contributed by atoms with E-state index in [1.807, 2.05) is 72.8 Å². The maximum atomic E-state index is 13.4. The van der Waals surface area contributed by atoms with Crippen LogP contribution in [-0.4, -0.2) is 15.8 Å². The fourth-order valence-electron chi connectivity index (χ4n) is 4.68. The summed E-state index contributed by atoms with van der Waals surface area (Å²) in [6, 6.07) is 25.2. The second-order valence-electron chi connectivity index (χ2n) is 7.91. The third kappa shape index (κ3) is 2.63. The molecule has 1 atom stereocenters. The zero-order chi connectivity index (χ0) is 21.8. The van der Waals surface area contributed by atoms with Gasteiger partial charge in [0.15, 0.2) is 5.78 Å². The number of Topliss-reactive ketones (excluding diaryl/α,β-unsaturated/α-hetero) is 1. The molecule has 0 unspecified atom stereocenters. The lowest BCUT2D eigenvalue weighted by molar-refractivity contribution is 0.103. The van der Waals surface area contributed by atoms with Crippen molar-refractivity contribution in [1.82, 2.24) is 9.97 Å². The number of fused-ring (bicyclic) bond motifs is 3. The summed E-state index contributed by atoms with van der Waals surface area (Å²) in [5.41, 5.74) is 4.65. The van der Waals surface area contributed by atoms with Crippen molar-refractivity contribution in [2.45, 2.75) is 5.92 Å². The van der Waals surface area contributed by atoms with E-state index in [0.29, 0.717) is 28.2 Å². The number of aromatic nitrogens is 2. The average Bonchev–Trinajstić information content (AvgIpc) is 3.10. The fourth-order valence-corrected chi connectivity index (χ4v) is 4.68. The average molecular weight is 419 g/mol. The van der Waals surface area contributed by atoms with Crippen molar-refractivity contribution < 1.29 is 4.79 Å². The molecular weight excluding hydrogens is 402 g/mol. The number of rotatable bonds is 2. The molecule has 6 nitrogen and oxygen atoms in total. The van der Waals surface area contributed by atoms with Gasteiger partial charge in [0.05, 0.1) is 11.3 Å². The number of carbonyl (C=O) groups is 1. The van der Waals surface area contributed by atoms with Gasteiger partial charge in [-0.1, -0.05) is 78.9 Å². The molecule has 1 aliphatic heterocycles. The van der Waals surface area contributed by atoms with Crippen LogP contribution in [0, 0.1) is 0 Å². The molecule has 3 aromatic carbocycles. The maximum absolute atomic E-state index is 13.4. The van der Waals surface area contributed by atoms with Crippen molar-refractivity contribution >= 4 is 17.3 Å². The summed E-state index contributed by atoms with van der Waals surface area (Å²) in [5.74, 6) is -0.401. The van der Waals surface area contributed by atoms with Crippen LogP contribution in [0.5, 0.6) is 0 Å². The van der Waals surface area contributed by atoms with E-state index in [1.54, 1.807) is 6.07 Å². The number of allylic oxidation sites excluding steroid dienone is 1. The van der Waals surface area contributed by atoms with Crippen LogP contribution < -0.4 is 16.6 Å². The molecule has 0 bridgehead atoms. The van der Waals surface area contributed by atoms with E-state index >= 15 is 0 Å². The van der Waals surface area contributed by atoms with Crippen LogP contribution in [0.15, 0.2) is 94.0 Å². The molecule has 32 heavy (non-hydrogen) atoms. The first kappa shape index (κ1) is 18.3. The molecule has 2 aliphatic rings. The Morgan fingerprint density at radius 2 is 1.31 bits per heavy atom. The van der Waals surface area contributed by atoms with Crippen molar-refractivity contribution in [3.8, 4) is 11.1 Å². The van der Waals surface area contributed by atoms with E-state index in [0.717, 1.165) is 22.3 Å². The third-order valence-corrected chi connectivity index (χ3v) is 6.11. The van der Waals surface area contributed by atoms with Gasteiger partial charge in [-0.3, -0.25) is 19.6 Å². The zero-order valence-electron chi connectivity index (χ0n) is 16.8. The molecule has 0 fully saturated rings. The number of carbonyl (C=O) groups excluding carboxylic acids is 1. The highest BCUT2D eigenvalue weighted by Crippen LogP contribution is 2.47. The number of hydrogen-bond donors (Lipinski definition) is 3. The first-order valence-electron chi connectivity index (χ1n) is 10.3. The maximum Gasteiger partial charge on any atom is 0.327 e. The van der Waals surface area contributed by atoms with Gasteiger partial charge < -0.3 is 5.32 Å². The summed E-state index contributed by atoms with van der Waals surface area (Å²) >= 11 is 0. The molecule has 154 valence electrons. The predicted octanol–water partition coefficient (Wildman–Crippen LogP) is 3.90. The molecule has 6 rings (SSSR count). The SMILES string of the molecule is O=C1C2=C(Nc3[nH]c(=O)[nH]c(=O)c3[C@@H]2c2ccc(-c3ccccc3)cc2)c2ccccc21. The highest BCUT2D eigenvalue weighted by atomic mass is 16.2. The molecule has 0 radical (unpaired) electrons. The van der Waals surface area contributed by atoms with Gasteiger partial charge in [0.2, 0.25) is 0 Å². The quantitative estimate of drug-likeness (QED) is 0.459. The van der Waals surface area contributed by atoms with Gasteiger partial charge in [-0.2, -0.15) is 0 Å². The Bertz CT molecular complexity index is 1540. The molecule has 0 saturated carbocycles. The summed E-state index contributed by atoms with van der Waals surface area (Å²) in [4.78, 5) is 43.3. The fraction of sp³-hybridized carbons (Fsp3) is 0.0385. The second kappa shape index (κ2) is 6.78. The van der Waals surface area contributed by atoms with Gasteiger partial charge in [-0.05, 0) is 16.7 Å². The molecule has 6 heteroatoms. The van der Waals surface area contributed by atoms with Gasteiger partial charge in [-0.15, -0.1) is 0 Å². The highest BCUT2D eigenvalue weighted by molar-refractivity contribution is 6.23. The number of aromatic amines is 2. The number of nitrogens with one attached hydrogen (secondary N) is 3. The molecular formula is C26H17N3O3. The second-order valence-corrected chi connectivity index (χ2v) is 7.91. The molecule has 4 aromatic rings. The molecule has 1 aliphatic carbocycles. The Kier molecular flexibility index (Phi) is 3.89. The molecule has 2 heterocycles. The van der Waals surface area contributed by atoms with Gasteiger partial charge in [0.25, 0.3) is 5.56 Å². The summed E-state index contributed by atoms with van der Waals surface area (Å²) < 4.78 is 0. The van der Waals surface area contributed by atoms with E-state index in [9.17, 15) is 14.4 Å². The van der Waals surface area contributed by atoms with Crippen molar-refractivity contribution in [2.24, 2.45) is 0 Å². The summed E-state index contributed by atoms with van der Waals surface area (Å²) in [6.07, 6.45) is 0.